The Morgan fingerprint density at radius 2 is 1.73 bits per heavy atom. The van der Waals surface area contributed by atoms with E-state index in [0.29, 0.717) is 24.2 Å². The first kappa shape index (κ1) is 20.8. The van der Waals surface area contributed by atoms with Gasteiger partial charge in [0.2, 0.25) is 15.9 Å². The predicted octanol–water partition coefficient (Wildman–Crippen LogP) is 3.53. The third kappa shape index (κ3) is 4.06. The highest BCUT2D eigenvalue weighted by Gasteiger charge is 2.39. The van der Waals surface area contributed by atoms with Gasteiger partial charge in [0, 0.05) is 25.3 Å². The van der Waals surface area contributed by atoms with E-state index in [1.165, 1.54) is 10.4 Å². The lowest BCUT2D eigenvalue weighted by Crippen LogP contribution is -2.43. The number of benzene rings is 2. The van der Waals surface area contributed by atoms with Gasteiger partial charge in [-0.15, -0.1) is 0 Å². The number of hydrogen-bond acceptors (Lipinski definition) is 4. The SMILES string of the molecule is Cc1ccc(S(=O)(=O)N2CCC[C@H]2C(=O)Nc2ccc(N3CCCC3)c(F)c2)cc1. The molecule has 0 aliphatic carbocycles. The van der Waals surface area contributed by atoms with Crippen molar-refractivity contribution in [2.24, 2.45) is 0 Å². The van der Waals surface area contributed by atoms with Crippen molar-refractivity contribution in [1.82, 2.24) is 4.31 Å². The number of nitrogens with one attached hydrogen (secondary N) is 1. The van der Waals surface area contributed by atoms with E-state index in [4.69, 9.17) is 0 Å². The summed E-state index contributed by atoms with van der Waals surface area (Å²) in [5.41, 5.74) is 1.83. The molecule has 0 aromatic heterocycles. The van der Waals surface area contributed by atoms with Crippen LogP contribution in [0.4, 0.5) is 15.8 Å². The second-order valence-corrected chi connectivity index (χ2v) is 9.83. The molecule has 0 radical (unpaired) electrons. The molecule has 2 aromatic rings. The van der Waals surface area contributed by atoms with Crippen LogP contribution in [0, 0.1) is 12.7 Å². The maximum atomic E-state index is 14.6. The maximum Gasteiger partial charge on any atom is 0.243 e. The van der Waals surface area contributed by atoms with E-state index in [-0.39, 0.29) is 17.3 Å². The van der Waals surface area contributed by atoms with Crippen LogP contribution in [0.5, 0.6) is 0 Å². The topological polar surface area (TPSA) is 69.7 Å². The molecule has 8 heteroatoms. The molecule has 6 nitrogen and oxygen atoms in total. The van der Waals surface area contributed by atoms with Crippen molar-refractivity contribution in [2.75, 3.05) is 29.9 Å². The Balaban J connectivity index is 1.50. The van der Waals surface area contributed by atoms with Gasteiger partial charge in [0.15, 0.2) is 0 Å². The minimum Gasteiger partial charge on any atom is -0.369 e. The van der Waals surface area contributed by atoms with Crippen LogP contribution >= 0.6 is 0 Å². The van der Waals surface area contributed by atoms with Crippen molar-refractivity contribution in [3.05, 3.63) is 53.8 Å². The normalized spacial score (nSPS) is 19.9. The van der Waals surface area contributed by atoms with Crippen LogP contribution in [0.3, 0.4) is 0 Å². The second kappa shape index (κ2) is 8.35. The molecule has 0 spiro atoms. The van der Waals surface area contributed by atoms with Crippen molar-refractivity contribution in [3.8, 4) is 0 Å². The van der Waals surface area contributed by atoms with E-state index in [0.717, 1.165) is 31.5 Å². The van der Waals surface area contributed by atoms with E-state index in [1.54, 1.807) is 36.4 Å². The molecule has 0 bridgehead atoms. The van der Waals surface area contributed by atoms with Gasteiger partial charge in [-0.25, -0.2) is 12.8 Å². The summed E-state index contributed by atoms with van der Waals surface area (Å²) in [5, 5.41) is 2.70. The van der Waals surface area contributed by atoms with E-state index in [9.17, 15) is 17.6 Å². The third-order valence-corrected chi connectivity index (χ3v) is 7.72. The summed E-state index contributed by atoms with van der Waals surface area (Å²) in [5.74, 6) is -0.818. The highest BCUT2D eigenvalue weighted by molar-refractivity contribution is 7.89. The van der Waals surface area contributed by atoms with Crippen LogP contribution in [-0.4, -0.2) is 44.3 Å². The van der Waals surface area contributed by atoms with E-state index >= 15 is 0 Å². The second-order valence-electron chi connectivity index (χ2n) is 7.94. The molecule has 1 amide bonds. The number of carbonyl (C=O) groups excluding carboxylic acids is 1. The van der Waals surface area contributed by atoms with Crippen molar-refractivity contribution >= 4 is 27.3 Å². The van der Waals surface area contributed by atoms with Gasteiger partial charge in [0.25, 0.3) is 0 Å². The fourth-order valence-electron chi connectivity index (χ4n) is 4.16. The number of sulfonamides is 1. The van der Waals surface area contributed by atoms with Crippen LogP contribution in [0.2, 0.25) is 0 Å². The Bertz CT molecular complexity index is 1030. The molecule has 2 saturated heterocycles. The monoisotopic (exact) mass is 431 g/mol. The largest absolute Gasteiger partial charge is 0.369 e. The molecule has 2 aliphatic heterocycles. The Hall–Kier alpha value is -2.45. The molecule has 2 fully saturated rings. The molecular weight excluding hydrogens is 405 g/mol. The Labute approximate surface area is 176 Å². The maximum absolute atomic E-state index is 14.6. The van der Waals surface area contributed by atoms with Crippen molar-refractivity contribution < 1.29 is 17.6 Å². The molecular formula is C22H26FN3O3S. The number of carbonyl (C=O) groups is 1. The number of hydrogen-bond donors (Lipinski definition) is 1. The van der Waals surface area contributed by atoms with Gasteiger partial charge in [-0.3, -0.25) is 4.79 Å². The predicted molar refractivity (Wildman–Crippen MR) is 115 cm³/mol. The summed E-state index contributed by atoms with van der Waals surface area (Å²) < 4.78 is 41.9. The summed E-state index contributed by atoms with van der Waals surface area (Å²) in [4.78, 5) is 15.0. The highest BCUT2D eigenvalue weighted by atomic mass is 32.2. The third-order valence-electron chi connectivity index (χ3n) is 5.80. The zero-order valence-electron chi connectivity index (χ0n) is 17.0. The number of anilines is 2. The quantitative estimate of drug-likeness (QED) is 0.786. The molecule has 2 heterocycles. The number of rotatable bonds is 5. The molecule has 1 N–H and O–H groups in total. The lowest BCUT2D eigenvalue weighted by atomic mass is 10.2. The molecule has 1 atom stereocenters. The first-order chi connectivity index (χ1) is 14.4. The van der Waals surface area contributed by atoms with Gasteiger partial charge >= 0.3 is 0 Å². The molecule has 0 saturated carbocycles. The summed E-state index contributed by atoms with van der Waals surface area (Å²) in [6, 6.07) is 10.4. The first-order valence-electron chi connectivity index (χ1n) is 10.3. The average Bonchev–Trinajstić information content (AvgIpc) is 3.41. The van der Waals surface area contributed by atoms with Gasteiger partial charge in [-0.2, -0.15) is 4.31 Å². The van der Waals surface area contributed by atoms with Gasteiger partial charge in [0.1, 0.15) is 11.9 Å². The molecule has 4 rings (SSSR count). The van der Waals surface area contributed by atoms with Crippen molar-refractivity contribution in [1.29, 1.82) is 0 Å². The lowest BCUT2D eigenvalue weighted by molar-refractivity contribution is -0.119. The smallest absolute Gasteiger partial charge is 0.243 e. The highest BCUT2D eigenvalue weighted by Crippen LogP contribution is 2.29. The van der Waals surface area contributed by atoms with Crippen LogP contribution in [0.1, 0.15) is 31.2 Å². The molecule has 2 aromatic carbocycles. The van der Waals surface area contributed by atoms with Crippen molar-refractivity contribution in [3.63, 3.8) is 0 Å². The molecule has 30 heavy (non-hydrogen) atoms. The number of amides is 1. The summed E-state index contributed by atoms with van der Waals surface area (Å²) in [7, 11) is -3.78. The van der Waals surface area contributed by atoms with Gasteiger partial charge in [-0.05, 0) is 62.9 Å². The zero-order valence-corrected chi connectivity index (χ0v) is 17.8. The average molecular weight is 432 g/mol. The van der Waals surface area contributed by atoms with Gasteiger partial charge < -0.3 is 10.2 Å². The molecule has 160 valence electrons. The van der Waals surface area contributed by atoms with E-state index in [1.807, 2.05) is 11.8 Å². The Morgan fingerprint density at radius 3 is 2.40 bits per heavy atom. The van der Waals surface area contributed by atoms with Crippen LogP contribution in [-0.2, 0) is 14.8 Å². The van der Waals surface area contributed by atoms with E-state index < -0.39 is 22.0 Å². The van der Waals surface area contributed by atoms with Gasteiger partial charge in [-0.1, -0.05) is 17.7 Å². The Morgan fingerprint density at radius 1 is 1.03 bits per heavy atom. The zero-order chi connectivity index (χ0) is 21.3. The fraction of sp³-hybridized carbons (Fsp3) is 0.409. The fourth-order valence-corrected chi connectivity index (χ4v) is 5.82. The number of halogens is 1. The van der Waals surface area contributed by atoms with E-state index in [2.05, 4.69) is 5.32 Å². The van der Waals surface area contributed by atoms with Crippen molar-refractivity contribution in [2.45, 2.75) is 43.5 Å². The van der Waals surface area contributed by atoms with Gasteiger partial charge in [0.05, 0.1) is 10.6 Å². The summed E-state index contributed by atoms with van der Waals surface area (Å²) in [6.07, 6.45) is 3.13. The lowest BCUT2D eigenvalue weighted by Gasteiger charge is -2.24. The van der Waals surface area contributed by atoms with Crippen LogP contribution < -0.4 is 10.2 Å². The number of aryl methyl sites for hydroxylation is 1. The van der Waals surface area contributed by atoms with Crippen LogP contribution in [0.25, 0.3) is 0 Å². The summed E-state index contributed by atoms with van der Waals surface area (Å²) in [6.45, 7) is 3.83. The number of nitrogens with zero attached hydrogens (tertiary/aromatic N) is 2. The molecule has 0 unspecified atom stereocenters. The molecule has 2 aliphatic rings. The summed E-state index contributed by atoms with van der Waals surface area (Å²) >= 11 is 0. The minimum absolute atomic E-state index is 0.175. The minimum atomic E-state index is -3.78. The van der Waals surface area contributed by atoms with Crippen LogP contribution in [0.15, 0.2) is 47.4 Å². The first-order valence-corrected chi connectivity index (χ1v) is 11.7. The standard InChI is InChI=1S/C22H26FN3O3S/c1-16-6-9-18(10-7-16)30(28,29)26-14-4-5-21(26)22(27)24-17-8-11-20(19(23)15-17)25-12-2-3-13-25/h6-11,15,21H,2-5,12-14H2,1H3,(H,24,27)/t21-/m0/s1. The Kier molecular flexibility index (Phi) is 5.79.